The average molecular weight is 314 g/mol. The summed E-state index contributed by atoms with van der Waals surface area (Å²) in [7, 11) is 0. The minimum atomic E-state index is -0.426. The first kappa shape index (κ1) is 15.2. The number of hydrogen-bond donors (Lipinski definition) is 0. The van der Waals surface area contributed by atoms with Crippen molar-refractivity contribution in [3.8, 4) is 0 Å². The van der Waals surface area contributed by atoms with Crippen molar-refractivity contribution in [2.45, 2.75) is 25.0 Å². The number of hydrogen-bond acceptors (Lipinski definition) is 1. The molecule has 0 radical (unpaired) electrons. The van der Waals surface area contributed by atoms with Gasteiger partial charge in [0.25, 0.3) is 0 Å². The van der Waals surface area contributed by atoms with E-state index in [-0.39, 0.29) is 5.60 Å². The molecular formula is C23H22O. The van der Waals surface area contributed by atoms with Crippen molar-refractivity contribution in [3.05, 3.63) is 108 Å². The molecule has 0 N–H and O–H groups in total. The third-order valence-corrected chi connectivity index (χ3v) is 5.17. The van der Waals surface area contributed by atoms with E-state index in [2.05, 4.69) is 105 Å². The molecule has 1 aliphatic rings. The Balaban J connectivity index is 1.97. The van der Waals surface area contributed by atoms with E-state index in [4.69, 9.17) is 4.74 Å². The maximum absolute atomic E-state index is 6.71. The first-order chi connectivity index (χ1) is 11.7. The Labute approximate surface area is 143 Å². The molecular weight excluding hydrogens is 292 g/mol. The minimum absolute atomic E-state index is 0.336. The molecule has 3 aromatic rings. The van der Waals surface area contributed by atoms with Crippen LogP contribution in [0.25, 0.3) is 0 Å². The smallest absolute Gasteiger partial charge is 0.153 e. The summed E-state index contributed by atoms with van der Waals surface area (Å²) in [5.41, 5.74) is 2.91. The van der Waals surface area contributed by atoms with Gasteiger partial charge in [-0.25, -0.2) is 0 Å². The van der Waals surface area contributed by atoms with Crippen LogP contribution in [0.1, 0.15) is 30.5 Å². The highest BCUT2D eigenvalue weighted by Crippen LogP contribution is 2.68. The van der Waals surface area contributed by atoms with E-state index in [1.165, 1.54) is 16.7 Å². The molecule has 24 heavy (non-hydrogen) atoms. The second-order valence-electron chi connectivity index (χ2n) is 6.77. The topological polar surface area (TPSA) is 12.5 Å². The van der Waals surface area contributed by atoms with Crippen LogP contribution in [0.2, 0.25) is 0 Å². The summed E-state index contributed by atoms with van der Waals surface area (Å²) < 4.78 is 6.71. The van der Waals surface area contributed by atoms with Crippen LogP contribution in [0.15, 0.2) is 91.0 Å². The van der Waals surface area contributed by atoms with E-state index in [0.29, 0.717) is 5.92 Å². The highest BCUT2D eigenvalue weighted by molar-refractivity contribution is 5.51. The number of benzene rings is 3. The Morgan fingerprint density at radius 3 is 1.33 bits per heavy atom. The van der Waals surface area contributed by atoms with Crippen LogP contribution in [-0.4, -0.2) is 0 Å². The second kappa shape index (κ2) is 5.61. The normalized spacial score (nSPS) is 21.6. The van der Waals surface area contributed by atoms with Crippen molar-refractivity contribution in [2.75, 3.05) is 0 Å². The zero-order valence-electron chi connectivity index (χ0n) is 14.1. The Morgan fingerprint density at radius 1 is 0.583 bits per heavy atom. The van der Waals surface area contributed by atoms with E-state index in [9.17, 15) is 0 Å². The Bertz CT molecular complexity index is 769. The molecule has 4 rings (SSSR count). The van der Waals surface area contributed by atoms with Gasteiger partial charge in [-0.3, -0.25) is 0 Å². The van der Waals surface area contributed by atoms with Crippen LogP contribution < -0.4 is 0 Å². The molecule has 0 spiro atoms. The third-order valence-electron chi connectivity index (χ3n) is 5.17. The molecule has 0 amide bonds. The highest BCUT2D eigenvalue weighted by Gasteiger charge is 2.73. The van der Waals surface area contributed by atoms with Gasteiger partial charge in [-0.1, -0.05) is 105 Å². The molecule has 3 aromatic carbocycles. The van der Waals surface area contributed by atoms with Gasteiger partial charge in [0.1, 0.15) is 5.60 Å². The Morgan fingerprint density at radius 2 is 0.958 bits per heavy atom. The lowest BCUT2D eigenvalue weighted by molar-refractivity contribution is 0.231. The van der Waals surface area contributed by atoms with Gasteiger partial charge in [0.15, 0.2) is 5.60 Å². The Hall–Kier alpha value is -2.38. The molecule has 0 aliphatic carbocycles. The molecule has 1 saturated heterocycles. The van der Waals surface area contributed by atoms with Gasteiger partial charge in [0.2, 0.25) is 0 Å². The third kappa shape index (κ3) is 1.98. The number of epoxide rings is 1. The molecule has 1 nitrogen and oxygen atoms in total. The lowest BCUT2D eigenvalue weighted by Gasteiger charge is -2.25. The minimum Gasteiger partial charge on any atom is -0.347 e. The van der Waals surface area contributed by atoms with Crippen LogP contribution in [0, 0.1) is 5.92 Å². The van der Waals surface area contributed by atoms with Crippen LogP contribution in [0.3, 0.4) is 0 Å². The average Bonchev–Trinajstić information content (AvgIpc) is 3.37. The fraction of sp³-hybridized carbons (Fsp3) is 0.217. The van der Waals surface area contributed by atoms with E-state index >= 15 is 0 Å². The van der Waals surface area contributed by atoms with Crippen LogP contribution in [0.5, 0.6) is 0 Å². The molecule has 120 valence electrons. The molecule has 0 aromatic heterocycles. The monoisotopic (exact) mass is 314 g/mol. The van der Waals surface area contributed by atoms with Crippen molar-refractivity contribution in [1.29, 1.82) is 0 Å². The summed E-state index contributed by atoms with van der Waals surface area (Å²) in [6.07, 6.45) is 0. The lowest BCUT2D eigenvalue weighted by Crippen LogP contribution is -2.28. The zero-order chi connectivity index (χ0) is 16.6. The predicted octanol–water partition coefficient (Wildman–Crippen LogP) is 5.51. The molecule has 1 unspecified atom stereocenters. The largest absolute Gasteiger partial charge is 0.347 e. The van der Waals surface area contributed by atoms with Crippen LogP contribution in [-0.2, 0) is 15.9 Å². The van der Waals surface area contributed by atoms with Crippen molar-refractivity contribution >= 4 is 0 Å². The number of rotatable bonds is 4. The summed E-state index contributed by atoms with van der Waals surface area (Å²) in [5.74, 6) is 0.348. The molecule has 0 bridgehead atoms. The van der Waals surface area contributed by atoms with Crippen molar-refractivity contribution in [2.24, 2.45) is 5.92 Å². The first-order valence-electron chi connectivity index (χ1n) is 8.58. The standard InChI is InChI=1S/C23H22O/c1-18(2)22(19-12-6-3-7-13-19)23(24-22,20-14-8-4-9-15-20)21-16-10-5-11-17-21/h3-18H,1-2H3. The molecule has 1 aliphatic heterocycles. The van der Waals surface area contributed by atoms with Gasteiger partial charge in [-0.15, -0.1) is 0 Å². The van der Waals surface area contributed by atoms with E-state index in [1.54, 1.807) is 0 Å². The Kier molecular flexibility index (Phi) is 3.54. The van der Waals surface area contributed by atoms with Crippen LogP contribution in [0.4, 0.5) is 0 Å². The summed E-state index contributed by atoms with van der Waals surface area (Å²) in [4.78, 5) is 0. The molecule has 0 saturated carbocycles. The maximum Gasteiger partial charge on any atom is 0.153 e. The fourth-order valence-corrected chi connectivity index (χ4v) is 4.08. The molecule has 1 heteroatoms. The second-order valence-corrected chi connectivity index (χ2v) is 6.77. The summed E-state index contributed by atoms with van der Waals surface area (Å²) in [6.45, 7) is 4.50. The maximum atomic E-state index is 6.71. The summed E-state index contributed by atoms with van der Waals surface area (Å²) in [6, 6.07) is 31.9. The van der Waals surface area contributed by atoms with Crippen molar-refractivity contribution in [1.82, 2.24) is 0 Å². The predicted molar refractivity (Wildman–Crippen MR) is 97.7 cm³/mol. The van der Waals surface area contributed by atoms with Gasteiger partial charge >= 0.3 is 0 Å². The van der Waals surface area contributed by atoms with E-state index < -0.39 is 5.60 Å². The van der Waals surface area contributed by atoms with Gasteiger partial charge < -0.3 is 4.74 Å². The molecule has 1 heterocycles. The van der Waals surface area contributed by atoms with Crippen LogP contribution >= 0.6 is 0 Å². The van der Waals surface area contributed by atoms with Crippen molar-refractivity contribution < 1.29 is 4.74 Å². The van der Waals surface area contributed by atoms with Gasteiger partial charge in [0, 0.05) is 0 Å². The lowest BCUT2D eigenvalue weighted by atomic mass is 9.72. The number of ether oxygens (including phenoxy) is 1. The quantitative estimate of drug-likeness (QED) is 0.578. The summed E-state index contributed by atoms with van der Waals surface area (Å²) in [5, 5.41) is 0. The van der Waals surface area contributed by atoms with E-state index in [0.717, 1.165) is 0 Å². The molecule has 1 fully saturated rings. The van der Waals surface area contributed by atoms with E-state index in [1.807, 2.05) is 0 Å². The molecule has 1 atom stereocenters. The summed E-state index contributed by atoms with van der Waals surface area (Å²) >= 11 is 0. The zero-order valence-corrected chi connectivity index (χ0v) is 14.1. The van der Waals surface area contributed by atoms with Gasteiger partial charge in [-0.2, -0.15) is 0 Å². The first-order valence-corrected chi connectivity index (χ1v) is 8.58. The van der Waals surface area contributed by atoms with Gasteiger partial charge in [0.05, 0.1) is 0 Å². The van der Waals surface area contributed by atoms with Crippen molar-refractivity contribution in [3.63, 3.8) is 0 Å². The highest BCUT2D eigenvalue weighted by atomic mass is 16.6. The fourth-order valence-electron chi connectivity index (χ4n) is 4.08. The van der Waals surface area contributed by atoms with Gasteiger partial charge in [-0.05, 0) is 22.6 Å². The SMILES string of the molecule is CC(C)C1(c2ccccc2)OC1(c1ccccc1)c1ccccc1.